The Balaban J connectivity index is 1.25. The molecule has 2 aromatic carbocycles. The molecule has 1 aliphatic carbocycles. The van der Waals surface area contributed by atoms with Crippen LogP contribution in [0.4, 0.5) is 26.1 Å². The van der Waals surface area contributed by atoms with E-state index in [-0.39, 0.29) is 34.2 Å². The van der Waals surface area contributed by atoms with Gasteiger partial charge in [-0.3, -0.25) is 9.59 Å². The third-order valence-corrected chi connectivity index (χ3v) is 6.30. The zero-order valence-electron chi connectivity index (χ0n) is 20.4. The molecule has 3 aromatic heterocycles. The molecular formula is C29H21F2N5O3. The van der Waals surface area contributed by atoms with Crippen molar-refractivity contribution in [3.63, 3.8) is 0 Å². The van der Waals surface area contributed by atoms with E-state index in [1.807, 2.05) is 0 Å². The van der Waals surface area contributed by atoms with Gasteiger partial charge in [-0.1, -0.05) is 12.1 Å². The van der Waals surface area contributed by atoms with Crippen LogP contribution in [0, 0.1) is 17.6 Å². The van der Waals surface area contributed by atoms with Crippen molar-refractivity contribution in [3.8, 4) is 22.6 Å². The monoisotopic (exact) mass is 525 g/mol. The average Bonchev–Trinajstić information content (AvgIpc) is 3.78. The van der Waals surface area contributed by atoms with Crippen molar-refractivity contribution in [1.29, 1.82) is 0 Å². The van der Waals surface area contributed by atoms with Crippen LogP contribution in [0.25, 0.3) is 22.0 Å². The highest BCUT2D eigenvalue weighted by Gasteiger charge is 2.29. The zero-order chi connectivity index (χ0) is 26.9. The Labute approximate surface area is 220 Å². The first kappa shape index (κ1) is 24.2. The van der Waals surface area contributed by atoms with Crippen LogP contribution in [-0.2, 0) is 4.79 Å². The van der Waals surface area contributed by atoms with Crippen LogP contribution in [0.15, 0.2) is 84.0 Å². The molecule has 3 N–H and O–H groups in total. The standard InChI is InChI=1S/C29H21F2N5O3/c30-18-5-3-16(4-6-18)21-15-34-23-10-12-33-28(26(23)27(21)37)35-19-7-8-24(22(31)13-19)39-20-9-11-32-25(14-20)36-29(38)17-1-2-17/h3-15,17H,1-2H2,(H,33,35)(H,34,37)(H,32,36,38). The third kappa shape index (κ3) is 5.17. The molecule has 0 spiro atoms. The Hall–Kier alpha value is -5.12. The summed E-state index contributed by atoms with van der Waals surface area (Å²) in [4.78, 5) is 36.8. The fraction of sp³-hybridized carbons (Fsp3) is 0.103. The van der Waals surface area contributed by atoms with Gasteiger partial charge < -0.3 is 20.4 Å². The summed E-state index contributed by atoms with van der Waals surface area (Å²) in [5.41, 5.74) is 1.46. The number of anilines is 3. The highest BCUT2D eigenvalue weighted by Crippen LogP contribution is 2.32. The summed E-state index contributed by atoms with van der Waals surface area (Å²) in [6.45, 7) is 0. The Morgan fingerprint density at radius 1 is 0.974 bits per heavy atom. The van der Waals surface area contributed by atoms with E-state index in [2.05, 4.69) is 25.6 Å². The van der Waals surface area contributed by atoms with E-state index in [1.54, 1.807) is 24.4 Å². The van der Waals surface area contributed by atoms with Gasteiger partial charge in [-0.2, -0.15) is 0 Å². The first-order chi connectivity index (χ1) is 18.9. The molecule has 6 rings (SSSR count). The fourth-order valence-corrected chi connectivity index (χ4v) is 4.14. The quantitative estimate of drug-likeness (QED) is 0.235. The van der Waals surface area contributed by atoms with Crippen LogP contribution < -0.4 is 20.8 Å². The molecule has 0 aliphatic heterocycles. The Morgan fingerprint density at radius 3 is 2.54 bits per heavy atom. The maximum absolute atomic E-state index is 15.0. The van der Waals surface area contributed by atoms with Crippen LogP contribution in [0.2, 0.25) is 0 Å². The van der Waals surface area contributed by atoms with Crippen LogP contribution in [0.5, 0.6) is 11.5 Å². The second-order valence-electron chi connectivity index (χ2n) is 9.13. The number of aromatic amines is 1. The zero-order valence-corrected chi connectivity index (χ0v) is 20.4. The number of ether oxygens (including phenoxy) is 1. The van der Waals surface area contributed by atoms with E-state index in [0.29, 0.717) is 33.9 Å². The number of carbonyl (C=O) groups excluding carboxylic acids is 1. The summed E-state index contributed by atoms with van der Waals surface area (Å²) in [6.07, 6.45) is 6.29. The van der Waals surface area contributed by atoms with Gasteiger partial charge in [0.15, 0.2) is 11.6 Å². The lowest BCUT2D eigenvalue weighted by atomic mass is 10.0. The van der Waals surface area contributed by atoms with Crippen molar-refractivity contribution < 1.29 is 18.3 Å². The van der Waals surface area contributed by atoms with Crippen molar-refractivity contribution >= 4 is 34.1 Å². The van der Waals surface area contributed by atoms with Crippen molar-refractivity contribution in [2.45, 2.75) is 12.8 Å². The molecule has 0 saturated heterocycles. The topological polar surface area (TPSA) is 109 Å². The van der Waals surface area contributed by atoms with Crippen molar-refractivity contribution in [1.82, 2.24) is 15.0 Å². The second-order valence-corrected chi connectivity index (χ2v) is 9.13. The number of H-pyrrole nitrogens is 1. The summed E-state index contributed by atoms with van der Waals surface area (Å²) in [7, 11) is 0. The molecule has 5 aromatic rings. The van der Waals surface area contributed by atoms with Gasteiger partial charge in [-0.15, -0.1) is 0 Å². The van der Waals surface area contributed by atoms with Crippen molar-refractivity contribution in [2.24, 2.45) is 5.92 Å². The van der Waals surface area contributed by atoms with Crippen molar-refractivity contribution in [3.05, 3.63) is 101 Å². The average molecular weight is 526 g/mol. The van der Waals surface area contributed by atoms with Crippen LogP contribution >= 0.6 is 0 Å². The molecule has 1 aliphatic rings. The first-order valence-electron chi connectivity index (χ1n) is 12.2. The molecule has 1 amide bonds. The summed E-state index contributed by atoms with van der Waals surface area (Å²) in [5.74, 6) is -0.283. The van der Waals surface area contributed by atoms with E-state index in [9.17, 15) is 14.0 Å². The van der Waals surface area contributed by atoms with Gasteiger partial charge in [0, 0.05) is 47.9 Å². The lowest BCUT2D eigenvalue weighted by Gasteiger charge is -2.12. The summed E-state index contributed by atoms with van der Waals surface area (Å²) >= 11 is 0. The third-order valence-electron chi connectivity index (χ3n) is 6.30. The largest absolute Gasteiger partial charge is 0.454 e. The number of benzene rings is 2. The van der Waals surface area contributed by atoms with E-state index in [0.717, 1.165) is 12.8 Å². The maximum atomic E-state index is 15.0. The highest BCUT2D eigenvalue weighted by molar-refractivity contribution is 5.94. The normalized spacial score (nSPS) is 12.8. The number of hydrogen-bond donors (Lipinski definition) is 3. The first-order valence-corrected chi connectivity index (χ1v) is 12.2. The fourth-order valence-electron chi connectivity index (χ4n) is 4.14. The van der Waals surface area contributed by atoms with E-state index < -0.39 is 11.6 Å². The number of aromatic nitrogens is 3. The van der Waals surface area contributed by atoms with Gasteiger partial charge in [0.1, 0.15) is 23.2 Å². The van der Waals surface area contributed by atoms with E-state index >= 15 is 4.39 Å². The highest BCUT2D eigenvalue weighted by atomic mass is 19.1. The number of nitrogens with one attached hydrogen (secondary N) is 3. The van der Waals surface area contributed by atoms with E-state index in [1.165, 1.54) is 54.9 Å². The molecule has 8 nitrogen and oxygen atoms in total. The second kappa shape index (κ2) is 9.97. The summed E-state index contributed by atoms with van der Waals surface area (Å²) < 4.78 is 34.1. The Kier molecular flexibility index (Phi) is 6.20. The minimum atomic E-state index is -0.651. The molecule has 10 heteroatoms. The van der Waals surface area contributed by atoms with Crippen LogP contribution in [-0.4, -0.2) is 20.9 Å². The smallest absolute Gasteiger partial charge is 0.228 e. The number of halogens is 2. The summed E-state index contributed by atoms with van der Waals surface area (Å²) in [6, 6.07) is 14.6. The molecule has 0 bridgehead atoms. The van der Waals surface area contributed by atoms with Crippen LogP contribution in [0.1, 0.15) is 12.8 Å². The van der Waals surface area contributed by atoms with Gasteiger partial charge in [0.25, 0.3) is 0 Å². The van der Waals surface area contributed by atoms with Crippen molar-refractivity contribution in [2.75, 3.05) is 10.6 Å². The minimum Gasteiger partial charge on any atom is -0.454 e. The predicted octanol–water partition coefficient (Wildman–Crippen LogP) is 6.15. The van der Waals surface area contributed by atoms with Gasteiger partial charge in [-0.05, 0) is 54.8 Å². The molecule has 194 valence electrons. The number of carbonyl (C=O) groups is 1. The van der Waals surface area contributed by atoms with E-state index in [4.69, 9.17) is 4.74 Å². The molecule has 0 radical (unpaired) electrons. The molecule has 1 fully saturated rings. The molecule has 3 heterocycles. The van der Waals surface area contributed by atoms with Gasteiger partial charge >= 0.3 is 0 Å². The minimum absolute atomic E-state index is 0.0233. The molecule has 0 atom stereocenters. The van der Waals surface area contributed by atoms with Gasteiger partial charge in [-0.25, -0.2) is 18.7 Å². The molecule has 39 heavy (non-hydrogen) atoms. The molecule has 0 unspecified atom stereocenters. The number of rotatable bonds is 7. The number of pyridine rings is 3. The Bertz CT molecular complexity index is 1770. The SMILES string of the molecule is O=C(Nc1cc(Oc2ccc(Nc3nccc4[nH]cc(-c5ccc(F)cc5)c(=O)c34)cc2F)ccn1)C1CC1. The molecular weight excluding hydrogens is 504 g/mol. The van der Waals surface area contributed by atoms with Crippen LogP contribution in [0.3, 0.4) is 0 Å². The predicted molar refractivity (Wildman–Crippen MR) is 143 cm³/mol. The number of nitrogens with zero attached hydrogens (tertiary/aromatic N) is 2. The summed E-state index contributed by atoms with van der Waals surface area (Å²) in [5, 5.41) is 6.02. The van der Waals surface area contributed by atoms with Gasteiger partial charge in [0.2, 0.25) is 11.3 Å². The number of amides is 1. The molecule has 1 saturated carbocycles. The number of hydrogen-bond acceptors (Lipinski definition) is 6. The lowest BCUT2D eigenvalue weighted by molar-refractivity contribution is -0.117. The van der Waals surface area contributed by atoms with Gasteiger partial charge in [0.05, 0.1) is 10.9 Å². The maximum Gasteiger partial charge on any atom is 0.228 e. The Morgan fingerprint density at radius 2 is 1.77 bits per heavy atom. The number of fused-ring (bicyclic) bond motifs is 1. The lowest BCUT2D eigenvalue weighted by Crippen LogP contribution is -2.14.